The number of halogens is 1. The van der Waals surface area contributed by atoms with E-state index in [2.05, 4.69) is 5.32 Å². The van der Waals surface area contributed by atoms with E-state index >= 15 is 0 Å². The number of ether oxygens (including phenoxy) is 1. The van der Waals surface area contributed by atoms with Gasteiger partial charge in [0.15, 0.2) is 0 Å². The molecule has 34 heavy (non-hydrogen) atoms. The van der Waals surface area contributed by atoms with Crippen LogP contribution >= 0.6 is 22.9 Å². The maximum Gasteiger partial charge on any atom is 0.267 e. The molecule has 1 amide bonds. The summed E-state index contributed by atoms with van der Waals surface area (Å²) in [5.41, 5.74) is 11.3. The number of benzene rings is 3. The third kappa shape index (κ3) is 4.21. The zero-order valence-corrected chi connectivity index (χ0v) is 19.8. The Labute approximate surface area is 205 Å². The van der Waals surface area contributed by atoms with Gasteiger partial charge in [-0.05, 0) is 53.6 Å². The first-order chi connectivity index (χ1) is 16.5. The number of pyridine rings is 1. The predicted octanol–water partition coefficient (Wildman–Crippen LogP) is 7.13. The molecule has 0 fully saturated rings. The van der Waals surface area contributed by atoms with E-state index in [4.69, 9.17) is 27.1 Å². The summed E-state index contributed by atoms with van der Waals surface area (Å²) in [5.74, 6) is 0.475. The third-order valence-corrected chi connectivity index (χ3v) is 6.83. The van der Waals surface area contributed by atoms with E-state index in [1.165, 1.54) is 11.3 Å². The van der Waals surface area contributed by atoms with Gasteiger partial charge in [-0.1, -0.05) is 54.1 Å². The van der Waals surface area contributed by atoms with Crippen LogP contribution in [-0.4, -0.2) is 18.0 Å². The fourth-order valence-electron chi connectivity index (χ4n) is 3.77. The Hall–Kier alpha value is -3.87. The Bertz CT molecular complexity index is 1480. The number of carbonyl (C=O) groups excluding carboxylic acids is 1. The molecule has 0 saturated carbocycles. The number of hydrogen-bond acceptors (Lipinski definition) is 5. The largest absolute Gasteiger partial charge is 0.497 e. The molecule has 0 saturated heterocycles. The van der Waals surface area contributed by atoms with Crippen molar-refractivity contribution >= 4 is 50.4 Å². The van der Waals surface area contributed by atoms with E-state index in [9.17, 15) is 4.79 Å². The highest BCUT2D eigenvalue weighted by Gasteiger charge is 2.22. The monoisotopic (exact) mass is 485 g/mol. The average molecular weight is 486 g/mol. The van der Waals surface area contributed by atoms with Crippen molar-refractivity contribution in [1.82, 2.24) is 4.98 Å². The van der Waals surface area contributed by atoms with Gasteiger partial charge in [0.25, 0.3) is 5.91 Å². The van der Waals surface area contributed by atoms with Gasteiger partial charge < -0.3 is 15.8 Å². The highest BCUT2D eigenvalue weighted by molar-refractivity contribution is 7.21. The van der Waals surface area contributed by atoms with Crippen molar-refractivity contribution in [2.45, 2.75) is 0 Å². The number of hydrogen-bond donors (Lipinski definition) is 2. The van der Waals surface area contributed by atoms with Crippen molar-refractivity contribution in [1.29, 1.82) is 0 Å². The standard InChI is InChI=1S/C27H20ClN3O2S/c1-33-20-13-7-16(8-14-20)21-15-22(17-5-3-2-4-6-17)31-27-23(21)24(29)25(34-27)26(32)30-19-11-9-18(28)10-12-19/h2-15H,29H2,1H3,(H,30,32). The molecule has 0 atom stereocenters. The van der Waals surface area contributed by atoms with E-state index in [0.29, 0.717) is 26.1 Å². The first kappa shape index (κ1) is 21.9. The number of aromatic nitrogens is 1. The summed E-state index contributed by atoms with van der Waals surface area (Å²) in [4.78, 5) is 19.1. The Balaban J connectivity index is 1.65. The quantitative estimate of drug-likeness (QED) is 0.277. The molecule has 0 bridgehead atoms. The number of fused-ring (bicyclic) bond motifs is 1. The SMILES string of the molecule is COc1ccc(-c2cc(-c3ccccc3)nc3sc(C(=O)Nc4ccc(Cl)cc4)c(N)c23)cc1. The Morgan fingerprint density at radius 2 is 1.68 bits per heavy atom. The van der Waals surface area contributed by atoms with Gasteiger partial charge in [-0.15, -0.1) is 11.3 Å². The molecule has 5 aromatic rings. The van der Waals surface area contributed by atoms with Crippen LogP contribution in [0.15, 0.2) is 84.9 Å². The van der Waals surface area contributed by atoms with Gasteiger partial charge in [0.05, 0.1) is 18.5 Å². The zero-order chi connectivity index (χ0) is 23.7. The maximum absolute atomic E-state index is 13.1. The van der Waals surface area contributed by atoms with Crippen LogP contribution in [0, 0.1) is 0 Å². The van der Waals surface area contributed by atoms with Crippen molar-refractivity contribution in [2.75, 3.05) is 18.2 Å². The lowest BCUT2D eigenvalue weighted by Gasteiger charge is -2.10. The maximum atomic E-state index is 13.1. The topological polar surface area (TPSA) is 77.2 Å². The summed E-state index contributed by atoms with van der Waals surface area (Å²) in [5, 5.41) is 4.25. The molecule has 0 unspecified atom stereocenters. The molecule has 168 valence electrons. The molecule has 0 aliphatic rings. The fourth-order valence-corrected chi connectivity index (χ4v) is 4.91. The highest BCUT2D eigenvalue weighted by atomic mass is 35.5. The number of methoxy groups -OCH3 is 1. The van der Waals surface area contributed by atoms with Crippen molar-refractivity contribution in [2.24, 2.45) is 0 Å². The fraction of sp³-hybridized carbons (Fsp3) is 0.0370. The van der Waals surface area contributed by atoms with Crippen molar-refractivity contribution in [3.63, 3.8) is 0 Å². The summed E-state index contributed by atoms with van der Waals surface area (Å²) in [6, 6.07) is 26.7. The van der Waals surface area contributed by atoms with E-state index in [1.807, 2.05) is 60.7 Å². The number of nitrogens with two attached hydrogens (primary N) is 1. The number of thiophene rings is 1. The number of nitrogen functional groups attached to an aromatic ring is 1. The minimum atomic E-state index is -0.287. The van der Waals surface area contributed by atoms with Gasteiger partial charge in [0.2, 0.25) is 0 Å². The first-order valence-corrected chi connectivity index (χ1v) is 11.7. The molecular weight excluding hydrogens is 466 g/mol. The van der Waals surface area contributed by atoms with Crippen LogP contribution in [0.4, 0.5) is 11.4 Å². The van der Waals surface area contributed by atoms with Gasteiger partial charge >= 0.3 is 0 Å². The lowest BCUT2D eigenvalue weighted by molar-refractivity contribution is 0.103. The second kappa shape index (κ2) is 9.17. The summed E-state index contributed by atoms with van der Waals surface area (Å²) in [6.07, 6.45) is 0. The lowest BCUT2D eigenvalue weighted by Crippen LogP contribution is -2.11. The molecule has 2 heterocycles. The van der Waals surface area contributed by atoms with Crippen LogP contribution in [0.3, 0.4) is 0 Å². The minimum absolute atomic E-state index is 0.287. The first-order valence-electron chi connectivity index (χ1n) is 10.5. The minimum Gasteiger partial charge on any atom is -0.497 e. The van der Waals surface area contributed by atoms with Gasteiger partial charge in [0, 0.05) is 21.7 Å². The second-order valence-electron chi connectivity index (χ2n) is 7.64. The van der Waals surface area contributed by atoms with E-state index in [-0.39, 0.29) is 5.91 Å². The summed E-state index contributed by atoms with van der Waals surface area (Å²) >= 11 is 7.24. The number of nitrogens with one attached hydrogen (secondary N) is 1. The highest BCUT2D eigenvalue weighted by Crippen LogP contribution is 2.41. The van der Waals surface area contributed by atoms with E-state index in [0.717, 1.165) is 33.5 Å². The van der Waals surface area contributed by atoms with Crippen LogP contribution in [0.2, 0.25) is 5.02 Å². The van der Waals surface area contributed by atoms with Crippen LogP contribution < -0.4 is 15.8 Å². The summed E-state index contributed by atoms with van der Waals surface area (Å²) in [6.45, 7) is 0. The third-order valence-electron chi connectivity index (χ3n) is 5.48. The van der Waals surface area contributed by atoms with E-state index in [1.54, 1.807) is 31.4 Å². The Morgan fingerprint density at radius 3 is 2.35 bits per heavy atom. The van der Waals surface area contributed by atoms with Gasteiger partial charge in [-0.3, -0.25) is 4.79 Å². The second-order valence-corrected chi connectivity index (χ2v) is 9.07. The van der Waals surface area contributed by atoms with Crippen molar-refractivity contribution in [3.8, 4) is 28.1 Å². The molecule has 0 spiro atoms. The van der Waals surface area contributed by atoms with Gasteiger partial charge in [-0.25, -0.2) is 4.98 Å². The molecule has 7 heteroatoms. The van der Waals surface area contributed by atoms with Crippen LogP contribution in [0.5, 0.6) is 5.75 Å². The smallest absolute Gasteiger partial charge is 0.267 e. The molecule has 0 aliphatic heterocycles. The average Bonchev–Trinajstić information content (AvgIpc) is 3.22. The molecule has 3 aromatic carbocycles. The molecule has 5 nitrogen and oxygen atoms in total. The van der Waals surface area contributed by atoms with Crippen LogP contribution in [0.1, 0.15) is 9.67 Å². The molecular formula is C27H20ClN3O2S. The van der Waals surface area contributed by atoms with Gasteiger partial charge in [0.1, 0.15) is 15.5 Å². The molecule has 0 radical (unpaired) electrons. The number of carbonyl (C=O) groups is 1. The molecule has 0 aliphatic carbocycles. The molecule has 5 rings (SSSR count). The summed E-state index contributed by atoms with van der Waals surface area (Å²) in [7, 11) is 1.63. The Kier molecular flexibility index (Phi) is 5.92. The van der Waals surface area contributed by atoms with E-state index < -0.39 is 0 Å². The van der Waals surface area contributed by atoms with Crippen molar-refractivity contribution in [3.05, 3.63) is 94.8 Å². The van der Waals surface area contributed by atoms with Crippen molar-refractivity contribution < 1.29 is 9.53 Å². The number of rotatable bonds is 5. The van der Waals surface area contributed by atoms with Crippen LogP contribution in [-0.2, 0) is 0 Å². The number of anilines is 2. The number of nitrogens with zero attached hydrogens (tertiary/aromatic N) is 1. The Morgan fingerprint density at radius 1 is 0.971 bits per heavy atom. The van der Waals surface area contributed by atoms with Gasteiger partial charge in [-0.2, -0.15) is 0 Å². The summed E-state index contributed by atoms with van der Waals surface area (Å²) < 4.78 is 5.31. The molecule has 3 N–H and O–H groups in total. The molecule has 2 aromatic heterocycles. The van der Waals surface area contributed by atoms with Crippen LogP contribution in [0.25, 0.3) is 32.6 Å². The number of amides is 1. The predicted molar refractivity (Wildman–Crippen MR) is 141 cm³/mol. The normalized spacial score (nSPS) is 10.9. The lowest BCUT2D eigenvalue weighted by atomic mass is 9.99. The zero-order valence-electron chi connectivity index (χ0n) is 18.2.